The molecule has 0 N–H and O–H groups in total. The highest BCUT2D eigenvalue weighted by Gasteiger charge is 2.27. The minimum atomic E-state index is -4.19. The fourth-order valence-electron chi connectivity index (χ4n) is 1.78. The molecule has 114 valence electrons. The number of hydrogen-bond donors (Lipinski definition) is 0. The molecule has 0 aliphatic carbocycles. The van der Waals surface area contributed by atoms with Crippen LogP contribution in [0.5, 0.6) is 0 Å². The number of ether oxygens (including phenoxy) is 1. The second-order valence-corrected chi connectivity index (χ2v) is 4.30. The Balaban J connectivity index is 2.78. The molecule has 0 fully saturated rings. The summed E-state index contributed by atoms with van der Waals surface area (Å²) in [6.45, 7) is 3.87. The van der Waals surface area contributed by atoms with E-state index < -0.39 is 18.6 Å². The molecule has 1 aromatic heterocycles. The minimum absolute atomic E-state index is 0.0846. The summed E-state index contributed by atoms with van der Waals surface area (Å²) in [7, 11) is 0. The summed E-state index contributed by atoms with van der Waals surface area (Å²) in [5.74, 6) is -0.585. The van der Waals surface area contributed by atoms with Crippen molar-refractivity contribution >= 4 is 5.97 Å². The summed E-state index contributed by atoms with van der Waals surface area (Å²) in [4.78, 5) is 11.7. The molecule has 1 rings (SSSR count). The van der Waals surface area contributed by atoms with E-state index in [1.807, 2.05) is 6.92 Å². The topological polar surface area (TPSA) is 57.0 Å². The second kappa shape index (κ2) is 7.25. The fourth-order valence-corrected chi connectivity index (χ4v) is 1.78. The third kappa shape index (κ3) is 4.82. The van der Waals surface area contributed by atoms with Crippen LogP contribution in [0.25, 0.3) is 0 Å². The van der Waals surface area contributed by atoms with Crippen LogP contribution < -0.4 is 0 Å². The van der Waals surface area contributed by atoms with Gasteiger partial charge in [0, 0.05) is 13.0 Å². The maximum absolute atomic E-state index is 12.1. The van der Waals surface area contributed by atoms with Crippen LogP contribution in [-0.2, 0) is 17.7 Å². The highest BCUT2D eigenvalue weighted by molar-refractivity contribution is 5.88. The highest BCUT2D eigenvalue weighted by Crippen LogP contribution is 2.22. The van der Waals surface area contributed by atoms with E-state index in [1.165, 1.54) is 4.68 Å². The van der Waals surface area contributed by atoms with Crippen molar-refractivity contribution in [1.29, 1.82) is 0 Å². The van der Waals surface area contributed by atoms with Gasteiger partial charge < -0.3 is 4.74 Å². The van der Waals surface area contributed by atoms with E-state index in [2.05, 4.69) is 10.3 Å². The zero-order valence-corrected chi connectivity index (χ0v) is 11.5. The lowest BCUT2D eigenvalue weighted by molar-refractivity contribution is -0.136. The minimum Gasteiger partial charge on any atom is -0.461 e. The van der Waals surface area contributed by atoms with E-state index >= 15 is 0 Å². The van der Waals surface area contributed by atoms with Gasteiger partial charge in [-0.25, -0.2) is 9.48 Å². The lowest BCUT2D eigenvalue weighted by atomic mass is 10.2. The smallest absolute Gasteiger partial charge is 0.389 e. The lowest BCUT2D eigenvalue weighted by Gasteiger charge is -2.08. The van der Waals surface area contributed by atoms with Gasteiger partial charge in [-0.05, 0) is 19.8 Å². The number of carbonyl (C=O) groups excluding carboxylic acids is 1. The van der Waals surface area contributed by atoms with Crippen LogP contribution in [0, 0.1) is 0 Å². The maximum Gasteiger partial charge on any atom is 0.389 e. The molecule has 5 nitrogen and oxygen atoms in total. The van der Waals surface area contributed by atoms with Crippen molar-refractivity contribution in [3.05, 3.63) is 11.4 Å². The number of esters is 1. The number of nitrogens with zero attached hydrogens (tertiary/aromatic N) is 3. The Hall–Kier alpha value is -1.60. The third-order valence-electron chi connectivity index (χ3n) is 2.62. The molecule has 0 unspecified atom stereocenters. The van der Waals surface area contributed by atoms with Gasteiger partial charge in [0.05, 0.1) is 12.3 Å². The highest BCUT2D eigenvalue weighted by atomic mass is 19.4. The molecule has 0 radical (unpaired) electrons. The van der Waals surface area contributed by atoms with Gasteiger partial charge in [-0.3, -0.25) is 0 Å². The van der Waals surface area contributed by atoms with E-state index in [0.29, 0.717) is 12.1 Å². The maximum atomic E-state index is 12.1. The molecule has 1 aromatic rings. The van der Waals surface area contributed by atoms with Gasteiger partial charge in [-0.2, -0.15) is 13.2 Å². The predicted octanol–water partition coefficient (Wildman–Crippen LogP) is 2.75. The molecule has 0 aliphatic heterocycles. The van der Waals surface area contributed by atoms with Crippen LogP contribution >= 0.6 is 0 Å². The molecule has 1 heterocycles. The normalized spacial score (nSPS) is 11.7. The number of hydrogen-bond acceptors (Lipinski definition) is 4. The quantitative estimate of drug-likeness (QED) is 0.725. The number of aromatic nitrogens is 3. The van der Waals surface area contributed by atoms with E-state index in [-0.39, 0.29) is 25.3 Å². The van der Waals surface area contributed by atoms with Crippen molar-refractivity contribution in [2.75, 3.05) is 6.61 Å². The Bertz CT molecular complexity index is 444. The molecule has 0 atom stereocenters. The first-order valence-corrected chi connectivity index (χ1v) is 6.55. The van der Waals surface area contributed by atoms with Crippen molar-refractivity contribution in [2.24, 2.45) is 0 Å². The molecule has 0 aromatic carbocycles. The average Bonchev–Trinajstić information content (AvgIpc) is 2.72. The lowest BCUT2D eigenvalue weighted by Crippen LogP contribution is -2.13. The molecule has 0 spiro atoms. The molecule has 20 heavy (non-hydrogen) atoms. The van der Waals surface area contributed by atoms with E-state index in [1.54, 1.807) is 6.92 Å². The Labute approximate surface area is 115 Å². The zero-order valence-electron chi connectivity index (χ0n) is 11.5. The van der Waals surface area contributed by atoms with Crippen LogP contribution in [-0.4, -0.2) is 33.7 Å². The molecule has 0 aliphatic rings. The SMILES string of the molecule is CCCc1c(C(=O)OCC)nnn1CCCC(F)(F)F. The molecule has 0 amide bonds. The summed E-state index contributed by atoms with van der Waals surface area (Å²) in [6, 6.07) is 0. The largest absolute Gasteiger partial charge is 0.461 e. The van der Waals surface area contributed by atoms with Gasteiger partial charge in [0.2, 0.25) is 0 Å². The first-order valence-electron chi connectivity index (χ1n) is 6.55. The number of rotatable bonds is 7. The summed E-state index contributed by atoms with van der Waals surface area (Å²) < 4.78 is 42.6. The molecule has 0 saturated heterocycles. The number of alkyl halides is 3. The van der Waals surface area contributed by atoms with Gasteiger partial charge in [0.15, 0.2) is 5.69 Å². The number of carbonyl (C=O) groups is 1. The molecule has 8 heteroatoms. The summed E-state index contributed by atoms with van der Waals surface area (Å²) in [6.07, 6.45) is -3.90. The average molecular weight is 293 g/mol. The van der Waals surface area contributed by atoms with Gasteiger partial charge in [-0.15, -0.1) is 5.10 Å². The summed E-state index contributed by atoms with van der Waals surface area (Å²) in [5, 5.41) is 7.48. The summed E-state index contributed by atoms with van der Waals surface area (Å²) in [5.41, 5.74) is 0.633. The van der Waals surface area contributed by atoms with Crippen molar-refractivity contribution in [2.45, 2.75) is 52.3 Å². The van der Waals surface area contributed by atoms with Crippen LogP contribution in [0.2, 0.25) is 0 Å². The Morgan fingerprint density at radius 2 is 2.05 bits per heavy atom. The van der Waals surface area contributed by atoms with Crippen LogP contribution in [0.15, 0.2) is 0 Å². The van der Waals surface area contributed by atoms with E-state index in [4.69, 9.17) is 4.74 Å². The molecular formula is C12H18F3N3O2. The first-order chi connectivity index (χ1) is 9.39. The fraction of sp³-hybridized carbons (Fsp3) is 0.750. The predicted molar refractivity (Wildman–Crippen MR) is 65.3 cm³/mol. The summed E-state index contributed by atoms with van der Waals surface area (Å²) >= 11 is 0. The van der Waals surface area contributed by atoms with Crippen molar-refractivity contribution in [3.63, 3.8) is 0 Å². The van der Waals surface area contributed by atoms with Crippen molar-refractivity contribution in [3.8, 4) is 0 Å². The van der Waals surface area contributed by atoms with E-state index in [9.17, 15) is 18.0 Å². The van der Waals surface area contributed by atoms with Crippen LogP contribution in [0.3, 0.4) is 0 Å². The van der Waals surface area contributed by atoms with Crippen molar-refractivity contribution < 1.29 is 22.7 Å². The Morgan fingerprint density at radius 1 is 1.35 bits per heavy atom. The van der Waals surface area contributed by atoms with Gasteiger partial charge in [0.25, 0.3) is 0 Å². The first kappa shape index (κ1) is 16.5. The Morgan fingerprint density at radius 3 is 2.60 bits per heavy atom. The van der Waals surface area contributed by atoms with Gasteiger partial charge in [-0.1, -0.05) is 18.6 Å². The Kier molecular flexibility index (Phi) is 5.97. The number of halogens is 3. The standard InChI is InChI=1S/C12H18F3N3O2/c1-3-6-9-10(11(19)20-4-2)16-17-18(9)8-5-7-12(13,14)15/h3-8H2,1-2H3. The third-order valence-corrected chi connectivity index (χ3v) is 2.62. The van der Waals surface area contributed by atoms with E-state index in [0.717, 1.165) is 6.42 Å². The molecular weight excluding hydrogens is 275 g/mol. The van der Waals surface area contributed by atoms with Gasteiger partial charge in [0.1, 0.15) is 0 Å². The van der Waals surface area contributed by atoms with Crippen molar-refractivity contribution in [1.82, 2.24) is 15.0 Å². The number of aryl methyl sites for hydroxylation is 1. The van der Waals surface area contributed by atoms with Crippen LogP contribution in [0.1, 0.15) is 49.3 Å². The van der Waals surface area contributed by atoms with Gasteiger partial charge >= 0.3 is 12.1 Å². The van der Waals surface area contributed by atoms with Crippen LogP contribution in [0.4, 0.5) is 13.2 Å². The monoisotopic (exact) mass is 293 g/mol. The zero-order chi connectivity index (χ0) is 15.2. The second-order valence-electron chi connectivity index (χ2n) is 4.30. The molecule has 0 saturated carbocycles. The molecule has 0 bridgehead atoms.